The van der Waals surface area contributed by atoms with Crippen molar-refractivity contribution in [1.82, 2.24) is 20.1 Å². The number of piperidine rings is 1. The fraction of sp³-hybridized carbons (Fsp3) is 0.304. The van der Waals surface area contributed by atoms with Crippen LogP contribution in [0.5, 0.6) is 0 Å². The third-order valence-electron chi connectivity index (χ3n) is 5.59. The number of likely N-dealkylation sites (tertiary alicyclic amines) is 1. The van der Waals surface area contributed by atoms with Crippen LogP contribution in [0, 0.1) is 5.92 Å². The van der Waals surface area contributed by atoms with Gasteiger partial charge in [0.2, 0.25) is 5.91 Å². The lowest BCUT2D eigenvalue weighted by atomic mass is 9.95. The molecule has 30 heavy (non-hydrogen) atoms. The molecule has 0 aliphatic carbocycles. The van der Waals surface area contributed by atoms with Crippen LogP contribution in [0.2, 0.25) is 0 Å². The highest BCUT2D eigenvalue weighted by molar-refractivity contribution is 5.95. The van der Waals surface area contributed by atoms with Crippen LogP contribution >= 0.6 is 0 Å². The van der Waals surface area contributed by atoms with Gasteiger partial charge in [0.15, 0.2) is 0 Å². The number of hydrogen-bond donors (Lipinski definition) is 2. The Morgan fingerprint density at radius 3 is 2.60 bits per heavy atom. The minimum Gasteiger partial charge on any atom is -0.337 e. The number of aryl methyl sites for hydroxylation is 1. The van der Waals surface area contributed by atoms with Crippen molar-refractivity contribution < 1.29 is 9.59 Å². The number of hydrogen-bond acceptors (Lipinski definition) is 4. The van der Waals surface area contributed by atoms with Crippen molar-refractivity contribution in [2.45, 2.75) is 26.2 Å². The fourth-order valence-electron chi connectivity index (χ4n) is 3.80. The lowest BCUT2D eigenvalue weighted by Crippen LogP contribution is -2.41. The molecule has 1 aliphatic heterocycles. The summed E-state index contributed by atoms with van der Waals surface area (Å²) in [5, 5.41) is 10.1. The van der Waals surface area contributed by atoms with E-state index >= 15 is 0 Å². The van der Waals surface area contributed by atoms with E-state index in [-0.39, 0.29) is 17.7 Å². The van der Waals surface area contributed by atoms with E-state index in [9.17, 15) is 9.59 Å². The summed E-state index contributed by atoms with van der Waals surface area (Å²) in [4.78, 5) is 31.3. The van der Waals surface area contributed by atoms with Crippen LogP contribution in [0.1, 0.15) is 35.8 Å². The molecule has 0 bridgehead atoms. The number of aromatic amines is 1. The van der Waals surface area contributed by atoms with Crippen LogP contribution in [0.3, 0.4) is 0 Å². The zero-order chi connectivity index (χ0) is 20.9. The molecule has 7 heteroatoms. The molecule has 1 aliphatic rings. The van der Waals surface area contributed by atoms with Crippen molar-refractivity contribution >= 4 is 17.5 Å². The summed E-state index contributed by atoms with van der Waals surface area (Å²) in [5.41, 5.74) is 4.08. The minimum atomic E-state index is -0.0897. The molecule has 0 radical (unpaired) electrons. The van der Waals surface area contributed by atoms with Crippen molar-refractivity contribution in [3.8, 4) is 11.3 Å². The topological polar surface area (TPSA) is 91.0 Å². The van der Waals surface area contributed by atoms with Gasteiger partial charge in [0.1, 0.15) is 5.69 Å². The Balaban J connectivity index is 1.35. The molecule has 2 amide bonds. The first-order valence-corrected chi connectivity index (χ1v) is 10.3. The first kappa shape index (κ1) is 19.8. The summed E-state index contributed by atoms with van der Waals surface area (Å²) >= 11 is 0. The van der Waals surface area contributed by atoms with Crippen LogP contribution < -0.4 is 5.32 Å². The van der Waals surface area contributed by atoms with Crippen molar-refractivity contribution in [1.29, 1.82) is 0 Å². The number of carbonyl (C=O) groups excluding carboxylic acids is 2. The van der Waals surface area contributed by atoms with Gasteiger partial charge >= 0.3 is 0 Å². The van der Waals surface area contributed by atoms with E-state index in [1.165, 1.54) is 0 Å². The molecule has 2 aromatic heterocycles. The van der Waals surface area contributed by atoms with Gasteiger partial charge < -0.3 is 10.2 Å². The molecule has 1 aromatic carbocycles. The maximum absolute atomic E-state index is 12.8. The second-order valence-electron chi connectivity index (χ2n) is 7.47. The first-order valence-electron chi connectivity index (χ1n) is 10.3. The van der Waals surface area contributed by atoms with E-state index in [1.54, 1.807) is 23.4 Å². The van der Waals surface area contributed by atoms with Gasteiger partial charge in [-0.3, -0.25) is 19.7 Å². The summed E-state index contributed by atoms with van der Waals surface area (Å²) in [7, 11) is 0. The third-order valence-corrected chi connectivity index (χ3v) is 5.59. The molecular weight excluding hydrogens is 378 g/mol. The molecule has 0 unspecified atom stereocenters. The van der Waals surface area contributed by atoms with E-state index < -0.39 is 0 Å². The van der Waals surface area contributed by atoms with Crippen LogP contribution in [-0.2, 0) is 11.2 Å². The monoisotopic (exact) mass is 403 g/mol. The number of nitrogens with one attached hydrogen (secondary N) is 2. The normalized spacial score (nSPS) is 14.5. The number of aromatic nitrogens is 3. The molecule has 154 valence electrons. The predicted molar refractivity (Wildman–Crippen MR) is 115 cm³/mol. The fourth-order valence-corrected chi connectivity index (χ4v) is 3.80. The molecule has 1 saturated heterocycles. The number of carbonyl (C=O) groups is 2. The lowest BCUT2D eigenvalue weighted by molar-refractivity contribution is -0.121. The molecule has 0 atom stereocenters. The van der Waals surface area contributed by atoms with Gasteiger partial charge in [-0.1, -0.05) is 25.1 Å². The van der Waals surface area contributed by atoms with Crippen LogP contribution in [0.15, 0.2) is 54.9 Å². The summed E-state index contributed by atoms with van der Waals surface area (Å²) < 4.78 is 0. The smallest absolute Gasteiger partial charge is 0.271 e. The summed E-state index contributed by atoms with van der Waals surface area (Å²) in [6.45, 7) is 3.18. The Labute approximate surface area is 175 Å². The summed E-state index contributed by atoms with van der Waals surface area (Å²) in [6, 6.07) is 13.3. The van der Waals surface area contributed by atoms with Gasteiger partial charge in [-0.2, -0.15) is 5.10 Å². The van der Waals surface area contributed by atoms with Crippen molar-refractivity contribution in [3.63, 3.8) is 0 Å². The van der Waals surface area contributed by atoms with Gasteiger partial charge in [0.05, 0.1) is 5.69 Å². The van der Waals surface area contributed by atoms with Crippen molar-refractivity contribution in [2.24, 2.45) is 5.92 Å². The summed E-state index contributed by atoms with van der Waals surface area (Å²) in [5.74, 6) is -0.143. The SMILES string of the molecule is CCc1ccccc1NC(=O)C1CCN(C(=O)c2cc(-c3ccncc3)n[nH]2)CC1. The molecule has 0 saturated carbocycles. The molecular formula is C23H25N5O2. The van der Waals surface area contributed by atoms with E-state index in [1.807, 2.05) is 36.4 Å². The molecule has 3 heterocycles. The Bertz CT molecular complexity index is 1020. The predicted octanol–water partition coefficient (Wildman–Crippen LogP) is 3.53. The third kappa shape index (κ3) is 4.25. The van der Waals surface area contributed by atoms with Crippen LogP contribution in [0.4, 0.5) is 5.69 Å². The van der Waals surface area contributed by atoms with Gasteiger partial charge in [0.25, 0.3) is 5.91 Å². The van der Waals surface area contributed by atoms with Crippen molar-refractivity contribution in [2.75, 3.05) is 18.4 Å². The Morgan fingerprint density at radius 1 is 1.13 bits per heavy atom. The number of rotatable bonds is 5. The number of anilines is 1. The molecule has 4 rings (SSSR count). The largest absolute Gasteiger partial charge is 0.337 e. The van der Waals surface area contributed by atoms with Crippen molar-refractivity contribution in [3.05, 3.63) is 66.1 Å². The highest BCUT2D eigenvalue weighted by atomic mass is 16.2. The number of pyridine rings is 1. The van der Waals surface area contributed by atoms with Gasteiger partial charge in [-0.05, 0) is 49.1 Å². The van der Waals surface area contributed by atoms with E-state index in [2.05, 4.69) is 27.4 Å². The van der Waals surface area contributed by atoms with E-state index in [0.717, 1.165) is 23.2 Å². The second-order valence-corrected chi connectivity index (χ2v) is 7.47. The molecule has 2 N–H and O–H groups in total. The number of H-pyrrole nitrogens is 1. The maximum Gasteiger partial charge on any atom is 0.271 e. The van der Waals surface area contributed by atoms with Gasteiger partial charge in [-0.25, -0.2) is 0 Å². The number of amides is 2. The van der Waals surface area contributed by atoms with Crippen LogP contribution in [-0.4, -0.2) is 45.0 Å². The highest BCUT2D eigenvalue weighted by Gasteiger charge is 2.29. The molecule has 0 spiro atoms. The van der Waals surface area contributed by atoms with Crippen LogP contribution in [0.25, 0.3) is 11.3 Å². The zero-order valence-corrected chi connectivity index (χ0v) is 17.0. The van der Waals surface area contributed by atoms with Gasteiger partial charge in [0, 0.05) is 42.7 Å². The average Bonchev–Trinajstić information content (AvgIpc) is 3.30. The number of nitrogens with zero attached hydrogens (tertiary/aromatic N) is 3. The Kier molecular flexibility index (Phi) is 5.88. The Hall–Kier alpha value is -3.48. The minimum absolute atomic E-state index is 0.0320. The molecule has 3 aromatic rings. The Morgan fingerprint density at radius 2 is 1.87 bits per heavy atom. The quantitative estimate of drug-likeness (QED) is 0.682. The standard InChI is InChI=1S/C23H25N5O2/c1-2-16-5-3-4-6-19(16)25-22(29)18-9-13-28(14-10-18)23(30)21-15-20(26-27-21)17-7-11-24-12-8-17/h3-8,11-12,15,18H,2,9-10,13-14H2,1H3,(H,25,29)(H,26,27). The second kappa shape index (κ2) is 8.90. The summed E-state index contributed by atoms with van der Waals surface area (Å²) in [6.07, 6.45) is 5.56. The number of benzene rings is 1. The number of para-hydroxylation sites is 1. The molecule has 1 fully saturated rings. The van der Waals surface area contributed by atoms with Gasteiger partial charge in [-0.15, -0.1) is 0 Å². The van der Waals surface area contributed by atoms with E-state index in [4.69, 9.17) is 0 Å². The average molecular weight is 403 g/mol. The zero-order valence-electron chi connectivity index (χ0n) is 17.0. The van der Waals surface area contributed by atoms with E-state index in [0.29, 0.717) is 37.3 Å². The first-order chi connectivity index (χ1) is 14.7. The lowest BCUT2D eigenvalue weighted by Gasteiger charge is -2.31. The molecule has 7 nitrogen and oxygen atoms in total. The highest BCUT2D eigenvalue weighted by Crippen LogP contribution is 2.23. The maximum atomic E-state index is 12.8.